The van der Waals surface area contributed by atoms with Gasteiger partial charge >= 0.3 is 0 Å². The molecule has 0 radical (unpaired) electrons. The van der Waals surface area contributed by atoms with Crippen LogP contribution in [0.2, 0.25) is 0 Å². The number of nitriles is 1. The molecule has 0 fully saturated rings. The molecule has 1 aromatic heterocycles. The van der Waals surface area contributed by atoms with Crippen LogP contribution in [-0.2, 0) is 11.2 Å². The molecule has 0 aliphatic carbocycles. The quantitative estimate of drug-likeness (QED) is 0.923. The lowest BCUT2D eigenvalue weighted by molar-refractivity contribution is -0.121. The van der Waals surface area contributed by atoms with Crippen molar-refractivity contribution in [3.63, 3.8) is 0 Å². The van der Waals surface area contributed by atoms with E-state index in [-0.39, 0.29) is 11.9 Å². The number of carbonyl (C=O) groups is 1. The maximum absolute atomic E-state index is 12.0. The molecule has 1 N–H and O–H groups in total. The zero-order valence-corrected chi connectivity index (χ0v) is 11.2. The number of rotatable bonds is 4. The molecule has 1 aromatic carbocycles. The van der Waals surface area contributed by atoms with Gasteiger partial charge in [0, 0.05) is 12.4 Å². The lowest BCUT2D eigenvalue weighted by Gasteiger charge is -2.14. The van der Waals surface area contributed by atoms with E-state index in [9.17, 15) is 4.79 Å². The molecule has 4 nitrogen and oxygen atoms in total. The number of nitrogens with one attached hydrogen (secondary N) is 1. The molecule has 2 rings (SSSR count). The second-order valence-corrected chi connectivity index (χ2v) is 4.56. The molecule has 2 aromatic rings. The van der Waals surface area contributed by atoms with E-state index in [0.29, 0.717) is 12.0 Å². The van der Waals surface area contributed by atoms with Gasteiger partial charge in [0.05, 0.1) is 24.1 Å². The van der Waals surface area contributed by atoms with Crippen LogP contribution >= 0.6 is 0 Å². The molecule has 1 unspecified atom stereocenters. The molecular weight excluding hydrogens is 250 g/mol. The Kier molecular flexibility index (Phi) is 4.46. The van der Waals surface area contributed by atoms with Crippen LogP contribution in [0, 0.1) is 11.3 Å². The fraction of sp³-hybridized carbons (Fsp3) is 0.188. The minimum atomic E-state index is -0.0520. The fourth-order valence-corrected chi connectivity index (χ4v) is 1.91. The second-order valence-electron chi connectivity index (χ2n) is 4.56. The summed E-state index contributed by atoms with van der Waals surface area (Å²) in [5.41, 5.74) is 2.51. The molecule has 0 aliphatic heterocycles. The van der Waals surface area contributed by atoms with E-state index >= 15 is 0 Å². The lowest BCUT2D eigenvalue weighted by atomic mass is 10.1. The lowest BCUT2D eigenvalue weighted by Crippen LogP contribution is -2.28. The summed E-state index contributed by atoms with van der Waals surface area (Å²) < 4.78 is 0. The van der Waals surface area contributed by atoms with E-state index in [2.05, 4.69) is 16.4 Å². The van der Waals surface area contributed by atoms with Gasteiger partial charge < -0.3 is 5.32 Å². The summed E-state index contributed by atoms with van der Waals surface area (Å²) in [7, 11) is 0. The molecule has 20 heavy (non-hydrogen) atoms. The Morgan fingerprint density at radius 2 is 1.90 bits per heavy atom. The number of pyridine rings is 1. The third-order valence-corrected chi connectivity index (χ3v) is 3.03. The van der Waals surface area contributed by atoms with Gasteiger partial charge in [-0.2, -0.15) is 5.26 Å². The fourth-order valence-electron chi connectivity index (χ4n) is 1.91. The molecule has 0 bridgehead atoms. The average molecular weight is 265 g/mol. The first-order valence-corrected chi connectivity index (χ1v) is 6.37. The van der Waals surface area contributed by atoms with E-state index in [1.165, 1.54) is 0 Å². The summed E-state index contributed by atoms with van der Waals surface area (Å²) in [6.45, 7) is 1.94. The summed E-state index contributed by atoms with van der Waals surface area (Å²) >= 11 is 0. The third-order valence-electron chi connectivity index (χ3n) is 3.03. The molecular formula is C16H15N3O. The van der Waals surface area contributed by atoms with Crippen LogP contribution in [0.3, 0.4) is 0 Å². The smallest absolute Gasteiger partial charge is 0.224 e. The number of amides is 1. The van der Waals surface area contributed by atoms with Gasteiger partial charge in [-0.3, -0.25) is 9.78 Å². The van der Waals surface area contributed by atoms with Crippen LogP contribution in [0.4, 0.5) is 0 Å². The molecule has 1 atom stereocenters. The SMILES string of the molecule is CC(NC(=O)Cc1ccc(C#N)cc1)c1ccncc1. The Labute approximate surface area is 118 Å². The van der Waals surface area contributed by atoms with Gasteiger partial charge in [0.25, 0.3) is 0 Å². The van der Waals surface area contributed by atoms with Gasteiger partial charge in [0.15, 0.2) is 0 Å². The van der Waals surface area contributed by atoms with Gasteiger partial charge in [-0.1, -0.05) is 12.1 Å². The van der Waals surface area contributed by atoms with Crippen LogP contribution in [0.1, 0.15) is 29.7 Å². The number of hydrogen-bond donors (Lipinski definition) is 1. The Morgan fingerprint density at radius 3 is 2.50 bits per heavy atom. The van der Waals surface area contributed by atoms with Gasteiger partial charge in [-0.15, -0.1) is 0 Å². The minimum absolute atomic E-state index is 0.0426. The summed E-state index contributed by atoms with van der Waals surface area (Å²) in [4.78, 5) is 15.9. The van der Waals surface area contributed by atoms with Crippen molar-refractivity contribution in [2.24, 2.45) is 0 Å². The summed E-state index contributed by atoms with van der Waals surface area (Å²) in [5.74, 6) is -0.0426. The average Bonchev–Trinajstić information content (AvgIpc) is 2.49. The summed E-state index contributed by atoms with van der Waals surface area (Å²) in [6.07, 6.45) is 3.72. The van der Waals surface area contributed by atoms with Gasteiger partial charge in [0.1, 0.15) is 0 Å². The minimum Gasteiger partial charge on any atom is -0.349 e. The zero-order chi connectivity index (χ0) is 14.4. The Balaban J connectivity index is 1.93. The van der Waals surface area contributed by atoms with E-state index in [0.717, 1.165) is 11.1 Å². The zero-order valence-electron chi connectivity index (χ0n) is 11.2. The highest BCUT2D eigenvalue weighted by molar-refractivity contribution is 5.79. The number of carbonyl (C=O) groups excluding carboxylic acids is 1. The Hall–Kier alpha value is -2.67. The standard InChI is InChI=1S/C16H15N3O/c1-12(15-6-8-18-9-7-15)19-16(20)10-13-2-4-14(11-17)5-3-13/h2-9,12H,10H2,1H3,(H,19,20). The summed E-state index contributed by atoms with van der Waals surface area (Å²) in [6, 6.07) is 12.8. The van der Waals surface area contributed by atoms with E-state index in [1.54, 1.807) is 36.7 Å². The molecule has 1 heterocycles. The van der Waals surface area contributed by atoms with Crippen LogP contribution in [0.15, 0.2) is 48.8 Å². The first kappa shape index (κ1) is 13.8. The van der Waals surface area contributed by atoms with Crippen LogP contribution in [0.5, 0.6) is 0 Å². The second kappa shape index (κ2) is 6.48. The topological polar surface area (TPSA) is 65.8 Å². The van der Waals surface area contributed by atoms with Crippen LogP contribution in [0.25, 0.3) is 0 Å². The highest BCUT2D eigenvalue weighted by Gasteiger charge is 2.09. The van der Waals surface area contributed by atoms with Crippen molar-refractivity contribution < 1.29 is 4.79 Å². The van der Waals surface area contributed by atoms with Gasteiger partial charge in [-0.05, 0) is 42.3 Å². The summed E-state index contributed by atoms with van der Waals surface area (Å²) in [5, 5.41) is 11.7. The Bertz CT molecular complexity index is 614. The van der Waals surface area contributed by atoms with E-state index < -0.39 is 0 Å². The van der Waals surface area contributed by atoms with Crippen LogP contribution in [-0.4, -0.2) is 10.9 Å². The molecule has 0 saturated heterocycles. The number of nitrogens with zero attached hydrogens (tertiary/aromatic N) is 2. The Morgan fingerprint density at radius 1 is 1.25 bits per heavy atom. The molecule has 4 heteroatoms. The predicted octanol–water partition coefficient (Wildman–Crippen LogP) is 2.37. The van der Waals surface area contributed by atoms with Crippen molar-refractivity contribution >= 4 is 5.91 Å². The maximum atomic E-state index is 12.0. The van der Waals surface area contributed by atoms with Crippen molar-refractivity contribution in [3.8, 4) is 6.07 Å². The first-order chi connectivity index (χ1) is 9.69. The van der Waals surface area contributed by atoms with E-state index in [4.69, 9.17) is 5.26 Å². The molecule has 1 amide bonds. The monoisotopic (exact) mass is 265 g/mol. The number of aromatic nitrogens is 1. The first-order valence-electron chi connectivity index (χ1n) is 6.37. The van der Waals surface area contributed by atoms with Crippen molar-refractivity contribution in [1.82, 2.24) is 10.3 Å². The number of hydrogen-bond acceptors (Lipinski definition) is 3. The third kappa shape index (κ3) is 3.66. The highest BCUT2D eigenvalue weighted by Crippen LogP contribution is 2.11. The highest BCUT2D eigenvalue weighted by atomic mass is 16.1. The van der Waals surface area contributed by atoms with Gasteiger partial charge in [0.2, 0.25) is 5.91 Å². The maximum Gasteiger partial charge on any atom is 0.224 e. The number of benzene rings is 1. The normalized spacial score (nSPS) is 11.4. The largest absolute Gasteiger partial charge is 0.349 e. The van der Waals surface area contributed by atoms with Crippen molar-refractivity contribution in [2.45, 2.75) is 19.4 Å². The van der Waals surface area contributed by atoms with Crippen molar-refractivity contribution in [3.05, 3.63) is 65.5 Å². The van der Waals surface area contributed by atoms with Crippen molar-refractivity contribution in [2.75, 3.05) is 0 Å². The van der Waals surface area contributed by atoms with E-state index in [1.807, 2.05) is 19.1 Å². The van der Waals surface area contributed by atoms with Gasteiger partial charge in [-0.25, -0.2) is 0 Å². The molecule has 100 valence electrons. The molecule has 0 aliphatic rings. The van der Waals surface area contributed by atoms with Crippen molar-refractivity contribution in [1.29, 1.82) is 5.26 Å². The predicted molar refractivity (Wildman–Crippen MR) is 75.7 cm³/mol. The molecule has 0 spiro atoms. The molecule has 0 saturated carbocycles. The van der Waals surface area contributed by atoms with Crippen LogP contribution < -0.4 is 5.32 Å².